The highest BCUT2D eigenvalue weighted by molar-refractivity contribution is 6.30. The van der Waals surface area contributed by atoms with Gasteiger partial charge >= 0.3 is 0 Å². The molecule has 2 aromatic heterocycles. The minimum absolute atomic E-state index is 0.503. The molecule has 6 heteroatoms. The average molecular weight is 267 g/mol. The average Bonchev–Trinajstić information content (AvgIpc) is 2.76. The molecule has 2 heterocycles. The lowest BCUT2D eigenvalue weighted by molar-refractivity contribution is 0.384. The molecule has 0 saturated heterocycles. The molecule has 96 valence electrons. The van der Waals surface area contributed by atoms with Gasteiger partial charge in [0.25, 0.3) is 0 Å². The van der Waals surface area contributed by atoms with Crippen LogP contribution in [0.2, 0.25) is 5.15 Å². The number of nitrogens with zero attached hydrogens (tertiary/aromatic N) is 3. The van der Waals surface area contributed by atoms with Gasteiger partial charge in [-0.3, -0.25) is 0 Å². The molecule has 0 aliphatic rings. The van der Waals surface area contributed by atoms with Crippen molar-refractivity contribution in [2.24, 2.45) is 0 Å². The third kappa shape index (κ3) is 2.98. The first kappa shape index (κ1) is 12.8. The number of aryl methyl sites for hydroxylation is 1. The van der Waals surface area contributed by atoms with E-state index in [1.54, 1.807) is 0 Å². The van der Waals surface area contributed by atoms with Crippen molar-refractivity contribution >= 4 is 17.4 Å². The zero-order valence-corrected chi connectivity index (χ0v) is 11.2. The normalized spacial score (nSPS) is 10.6. The van der Waals surface area contributed by atoms with Crippen LogP contribution in [0.25, 0.3) is 0 Å². The van der Waals surface area contributed by atoms with Crippen molar-refractivity contribution in [1.29, 1.82) is 0 Å². The fourth-order valence-corrected chi connectivity index (χ4v) is 1.91. The quantitative estimate of drug-likeness (QED) is 0.843. The van der Waals surface area contributed by atoms with Crippen molar-refractivity contribution in [2.45, 2.75) is 33.2 Å². The summed E-state index contributed by atoms with van der Waals surface area (Å²) in [5.41, 5.74) is 1.80. The first-order chi connectivity index (χ1) is 8.70. The molecule has 0 bridgehead atoms. The summed E-state index contributed by atoms with van der Waals surface area (Å²) in [5.74, 6) is 1.52. The molecule has 0 atom stereocenters. The molecule has 0 fully saturated rings. The summed E-state index contributed by atoms with van der Waals surface area (Å²) in [6, 6.07) is 1.88. The van der Waals surface area contributed by atoms with Crippen molar-refractivity contribution in [3.8, 4) is 0 Å². The molecule has 2 aromatic rings. The predicted octanol–water partition coefficient (Wildman–Crippen LogP) is 2.99. The maximum Gasteiger partial charge on any atom is 0.156 e. The number of nitrogens with one attached hydrogen (secondary N) is 1. The van der Waals surface area contributed by atoms with Gasteiger partial charge in [0.15, 0.2) is 5.76 Å². The Balaban J connectivity index is 2.11. The smallest absolute Gasteiger partial charge is 0.156 e. The Morgan fingerprint density at radius 1 is 1.39 bits per heavy atom. The van der Waals surface area contributed by atoms with Gasteiger partial charge in [0.05, 0.1) is 12.2 Å². The summed E-state index contributed by atoms with van der Waals surface area (Å²) < 4.78 is 5.13. The van der Waals surface area contributed by atoms with Crippen LogP contribution in [0.1, 0.15) is 30.4 Å². The highest BCUT2D eigenvalue weighted by atomic mass is 35.5. The lowest BCUT2D eigenvalue weighted by Gasteiger charge is -2.09. The number of aromatic nitrogens is 3. The van der Waals surface area contributed by atoms with Gasteiger partial charge in [-0.1, -0.05) is 30.1 Å². The summed E-state index contributed by atoms with van der Waals surface area (Å²) in [7, 11) is 0. The summed E-state index contributed by atoms with van der Waals surface area (Å²) in [5, 5.41) is 7.53. The Bertz CT molecular complexity index is 527. The standard InChI is InChI=1S/C12H15ClN4O/c1-3-4-10-11(13)15-7-16-12(10)14-6-9-5-8(2)17-18-9/h5,7H,3-4,6H2,1-2H3,(H,14,15,16). The Kier molecular flexibility index (Phi) is 4.15. The third-order valence-electron chi connectivity index (χ3n) is 2.50. The second-order valence-corrected chi connectivity index (χ2v) is 4.39. The van der Waals surface area contributed by atoms with Crippen molar-refractivity contribution in [1.82, 2.24) is 15.1 Å². The molecular formula is C12H15ClN4O. The molecule has 0 aliphatic carbocycles. The first-order valence-electron chi connectivity index (χ1n) is 5.86. The van der Waals surface area contributed by atoms with Crippen molar-refractivity contribution in [2.75, 3.05) is 5.32 Å². The summed E-state index contributed by atoms with van der Waals surface area (Å²) in [6.45, 7) is 4.51. The van der Waals surface area contributed by atoms with Gasteiger partial charge in [-0.2, -0.15) is 0 Å². The van der Waals surface area contributed by atoms with E-state index in [2.05, 4.69) is 27.4 Å². The van der Waals surface area contributed by atoms with Gasteiger partial charge in [0.1, 0.15) is 17.3 Å². The monoisotopic (exact) mass is 266 g/mol. The van der Waals surface area contributed by atoms with Gasteiger partial charge in [-0.25, -0.2) is 9.97 Å². The predicted molar refractivity (Wildman–Crippen MR) is 69.6 cm³/mol. The Morgan fingerprint density at radius 3 is 2.89 bits per heavy atom. The van der Waals surface area contributed by atoms with E-state index in [4.69, 9.17) is 16.1 Å². The topological polar surface area (TPSA) is 63.8 Å². The second kappa shape index (κ2) is 5.82. The highest BCUT2D eigenvalue weighted by Crippen LogP contribution is 2.21. The molecule has 1 N–H and O–H groups in total. The lowest BCUT2D eigenvalue weighted by Crippen LogP contribution is -2.05. The number of hydrogen-bond acceptors (Lipinski definition) is 5. The molecule has 0 saturated carbocycles. The zero-order valence-electron chi connectivity index (χ0n) is 10.4. The van der Waals surface area contributed by atoms with Crippen LogP contribution >= 0.6 is 11.6 Å². The van der Waals surface area contributed by atoms with Crippen LogP contribution in [0.4, 0.5) is 5.82 Å². The van der Waals surface area contributed by atoms with Crippen LogP contribution in [-0.2, 0) is 13.0 Å². The van der Waals surface area contributed by atoms with Gasteiger partial charge in [0.2, 0.25) is 0 Å². The second-order valence-electron chi connectivity index (χ2n) is 4.03. The van der Waals surface area contributed by atoms with E-state index in [1.165, 1.54) is 6.33 Å². The number of hydrogen-bond donors (Lipinski definition) is 1. The molecule has 0 radical (unpaired) electrons. The van der Waals surface area contributed by atoms with E-state index in [1.807, 2.05) is 13.0 Å². The van der Waals surface area contributed by atoms with E-state index >= 15 is 0 Å². The van der Waals surface area contributed by atoms with E-state index in [-0.39, 0.29) is 0 Å². The van der Waals surface area contributed by atoms with Gasteiger partial charge in [0, 0.05) is 11.6 Å². The molecule has 18 heavy (non-hydrogen) atoms. The summed E-state index contributed by atoms with van der Waals surface area (Å²) >= 11 is 6.07. The van der Waals surface area contributed by atoms with Gasteiger partial charge < -0.3 is 9.84 Å². The van der Waals surface area contributed by atoms with Crippen molar-refractivity contribution in [3.05, 3.63) is 34.6 Å². The van der Waals surface area contributed by atoms with Crippen LogP contribution in [0.15, 0.2) is 16.9 Å². The fraction of sp³-hybridized carbons (Fsp3) is 0.417. The van der Waals surface area contributed by atoms with Crippen molar-refractivity contribution in [3.63, 3.8) is 0 Å². The summed E-state index contributed by atoms with van der Waals surface area (Å²) in [6.07, 6.45) is 3.29. The van der Waals surface area contributed by atoms with E-state index < -0.39 is 0 Å². The largest absolute Gasteiger partial charge is 0.362 e. The van der Waals surface area contributed by atoms with E-state index in [0.29, 0.717) is 11.7 Å². The minimum atomic E-state index is 0.503. The molecule has 0 unspecified atom stereocenters. The molecule has 5 nitrogen and oxygen atoms in total. The number of anilines is 1. The minimum Gasteiger partial charge on any atom is -0.362 e. The van der Waals surface area contributed by atoms with Gasteiger partial charge in [-0.05, 0) is 13.3 Å². The van der Waals surface area contributed by atoms with Crippen LogP contribution < -0.4 is 5.32 Å². The number of halogens is 1. The van der Waals surface area contributed by atoms with Crippen LogP contribution in [-0.4, -0.2) is 15.1 Å². The maximum atomic E-state index is 6.07. The van der Waals surface area contributed by atoms with Gasteiger partial charge in [-0.15, -0.1) is 0 Å². The highest BCUT2D eigenvalue weighted by Gasteiger charge is 2.09. The maximum absolute atomic E-state index is 6.07. The van der Waals surface area contributed by atoms with E-state index in [9.17, 15) is 0 Å². The van der Waals surface area contributed by atoms with Crippen LogP contribution in [0, 0.1) is 6.92 Å². The Labute approximate surface area is 111 Å². The Morgan fingerprint density at radius 2 is 2.22 bits per heavy atom. The molecular weight excluding hydrogens is 252 g/mol. The molecule has 0 aromatic carbocycles. The lowest BCUT2D eigenvalue weighted by atomic mass is 10.2. The molecule has 0 aliphatic heterocycles. The zero-order chi connectivity index (χ0) is 13.0. The van der Waals surface area contributed by atoms with Crippen molar-refractivity contribution < 1.29 is 4.52 Å². The molecule has 0 spiro atoms. The van der Waals surface area contributed by atoms with E-state index in [0.717, 1.165) is 35.7 Å². The first-order valence-corrected chi connectivity index (χ1v) is 6.24. The fourth-order valence-electron chi connectivity index (χ4n) is 1.69. The summed E-state index contributed by atoms with van der Waals surface area (Å²) in [4.78, 5) is 8.21. The SMILES string of the molecule is CCCc1c(Cl)ncnc1NCc1cc(C)no1. The molecule has 2 rings (SSSR count). The van der Waals surface area contributed by atoms with Crippen LogP contribution in [0.5, 0.6) is 0 Å². The number of rotatable bonds is 5. The molecule has 0 amide bonds. The third-order valence-corrected chi connectivity index (χ3v) is 2.83. The van der Waals surface area contributed by atoms with Crippen LogP contribution in [0.3, 0.4) is 0 Å². The Hall–Kier alpha value is -1.62.